The Morgan fingerprint density at radius 1 is 1.42 bits per heavy atom. The lowest BCUT2D eigenvalue weighted by Gasteiger charge is -2.27. The lowest BCUT2D eigenvalue weighted by molar-refractivity contribution is 0.0691. The van der Waals surface area contributed by atoms with Crippen LogP contribution < -0.4 is 0 Å². The first-order chi connectivity index (χ1) is 9.09. The van der Waals surface area contributed by atoms with E-state index in [9.17, 15) is 9.18 Å². The third-order valence-corrected chi connectivity index (χ3v) is 3.87. The molecule has 0 saturated carbocycles. The molecular formula is C15H20FNO2. The van der Waals surface area contributed by atoms with Gasteiger partial charge >= 0.3 is 5.97 Å². The van der Waals surface area contributed by atoms with E-state index in [-0.39, 0.29) is 5.56 Å². The van der Waals surface area contributed by atoms with E-state index in [4.69, 9.17) is 5.11 Å². The molecule has 2 rings (SSSR count). The van der Waals surface area contributed by atoms with Crippen molar-refractivity contribution in [3.63, 3.8) is 0 Å². The number of halogens is 1. The number of aromatic carboxylic acids is 1. The van der Waals surface area contributed by atoms with E-state index < -0.39 is 11.8 Å². The number of benzene rings is 1. The zero-order valence-corrected chi connectivity index (χ0v) is 11.2. The molecule has 1 N–H and O–H groups in total. The lowest BCUT2D eigenvalue weighted by atomic mass is 10.1. The third kappa shape index (κ3) is 3.32. The lowest BCUT2D eigenvalue weighted by Crippen LogP contribution is -2.32. The number of hydrogen-bond acceptors (Lipinski definition) is 2. The first-order valence-electron chi connectivity index (χ1n) is 6.84. The molecule has 0 aromatic heterocycles. The molecule has 1 aliphatic heterocycles. The van der Waals surface area contributed by atoms with Crippen LogP contribution in [-0.4, -0.2) is 28.6 Å². The fourth-order valence-corrected chi connectivity index (χ4v) is 2.66. The van der Waals surface area contributed by atoms with Crippen LogP contribution in [-0.2, 0) is 6.54 Å². The number of likely N-dealkylation sites (tertiary alicyclic amines) is 1. The summed E-state index contributed by atoms with van der Waals surface area (Å²) in [5.41, 5.74) is 0.244. The minimum absolute atomic E-state index is 0.236. The highest BCUT2D eigenvalue weighted by Gasteiger charge is 2.20. The Labute approximate surface area is 113 Å². The van der Waals surface area contributed by atoms with Gasteiger partial charge in [-0.15, -0.1) is 0 Å². The van der Waals surface area contributed by atoms with Crippen molar-refractivity contribution in [1.82, 2.24) is 4.90 Å². The van der Waals surface area contributed by atoms with Crippen LogP contribution in [0.15, 0.2) is 18.2 Å². The molecule has 3 nitrogen and oxygen atoms in total. The maximum atomic E-state index is 14.1. The van der Waals surface area contributed by atoms with Gasteiger partial charge in [0.05, 0.1) is 5.56 Å². The van der Waals surface area contributed by atoms with Crippen LogP contribution in [0.4, 0.5) is 4.39 Å². The van der Waals surface area contributed by atoms with Crippen molar-refractivity contribution >= 4 is 5.97 Å². The monoisotopic (exact) mass is 265 g/mol. The van der Waals surface area contributed by atoms with Crippen LogP contribution in [0.25, 0.3) is 0 Å². The highest BCUT2D eigenvalue weighted by molar-refractivity contribution is 5.88. The minimum atomic E-state index is -1.21. The van der Waals surface area contributed by atoms with E-state index in [0.29, 0.717) is 18.2 Å². The van der Waals surface area contributed by atoms with Gasteiger partial charge in [-0.05, 0) is 32.4 Å². The second kappa shape index (κ2) is 6.15. The molecule has 0 radical (unpaired) electrons. The van der Waals surface area contributed by atoms with E-state index in [0.717, 1.165) is 19.4 Å². The first kappa shape index (κ1) is 14.0. The van der Waals surface area contributed by atoms with Crippen LogP contribution in [0, 0.1) is 5.82 Å². The molecule has 4 heteroatoms. The summed E-state index contributed by atoms with van der Waals surface area (Å²) in [5.74, 6) is -1.80. The second-order valence-electron chi connectivity index (χ2n) is 5.25. The van der Waals surface area contributed by atoms with E-state index in [1.165, 1.54) is 18.9 Å². The molecule has 0 amide bonds. The summed E-state index contributed by atoms with van der Waals surface area (Å²) >= 11 is 0. The molecular weight excluding hydrogens is 245 g/mol. The van der Waals surface area contributed by atoms with Gasteiger partial charge in [0, 0.05) is 18.2 Å². The topological polar surface area (TPSA) is 40.5 Å². The molecule has 1 aliphatic rings. The molecule has 1 fully saturated rings. The van der Waals surface area contributed by atoms with Gasteiger partial charge in [-0.25, -0.2) is 9.18 Å². The number of carbonyl (C=O) groups is 1. The normalized spacial score (nSPS) is 21.1. The van der Waals surface area contributed by atoms with Gasteiger partial charge in [-0.2, -0.15) is 0 Å². The van der Waals surface area contributed by atoms with E-state index >= 15 is 0 Å². The van der Waals surface area contributed by atoms with Gasteiger partial charge in [0.25, 0.3) is 0 Å². The number of rotatable bonds is 3. The Bertz CT molecular complexity index is 461. The van der Waals surface area contributed by atoms with Crippen LogP contribution >= 0.6 is 0 Å². The van der Waals surface area contributed by atoms with Crippen molar-refractivity contribution in [2.24, 2.45) is 0 Å². The van der Waals surface area contributed by atoms with E-state index in [1.807, 2.05) is 0 Å². The molecule has 1 unspecified atom stereocenters. The zero-order valence-electron chi connectivity index (χ0n) is 11.2. The number of carboxylic acid groups (broad SMARTS) is 1. The second-order valence-corrected chi connectivity index (χ2v) is 5.25. The largest absolute Gasteiger partial charge is 0.478 e. The summed E-state index contributed by atoms with van der Waals surface area (Å²) in [4.78, 5) is 13.2. The summed E-state index contributed by atoms with van der Waals surface area (Å²) in [6.45, 7) is 3.61. The van der Waals surface area contributed by atoms with Crippen molar-refractivity contribution in [3.8, 4) is 0 Å². The quantitative estimate of drug-likeness (QED) is 0.911. The van der Waals surface area contributed by atoms with Gasteiger partial charge < -0.3 is 5.11 Å². The first-order valence-corrected chi connectivity index (χ1v) is 6.84. The fourth-order valence-electron chi connectivity index (χ4n) is 2.66. The maximum absolute atomic E-state index is 14.1. The predicted octanol–water partition coefficient (Wildman–Crippen LogP) is 3.29. The highest BCUT2D eigenvalue weighted by atomic mass is 19.1. The van der Waals surface area contributed by atoms with Gasteiger partial charge in [0.15, 0.2) is 0 Å². The van der Waals surface area contributed by atoms with Crippen LogP contribution in [0.1, 0.15) is 48.5 Å². The maximum Gasteiger partial charge on any atom is 0.338 e. The number of nitrogens with zero attached hydrogens (tertiary/aromatic N) is 1. The Hall–Kier alpha value is -1.42. The molecule has 1 aromatic carbocycles. The Morgan fingerprint density at radius 3 is 2.95 bits per heavy atom. The van der Waals surface area contributed by atoms with Gasteiger partial charge in [-0.3, -0.25) is 4.90 Å². The van der Waals surface area contributed by atoms with Crippen LogP contribution in [0.3, 0.4) is 0 Å². The van der Waals surface area contributed by atoms with Gasteiger partial charge in [-0.1, -0.05) is 25.0 Å². The number of hydrogen-bond donors (Lipinski definition) is 1. The Kier molecular flexibility index (Phi) is 4.53. The van der Waals surface area contributed by atoms with Crippen molar-refractivity contribution in [2.45, 2.75) is 45.2 Å². The molecule has 0 aliphatic carbocycles. The summed E-state index contributed by atoms with van der Waals surface area (Å²) in [5, 5.41) is 8.94. The van der Waals surface area contributed by atoms with Crippen molar-refractivity contribution < 1.29 is 14.3 Å². The SMILES string of the molecule is CC1CCCCCN1Cc1cccc(C(=O)O)c1F. The average molecular weight is 265 g/mol. The standard InChI is InChI=1S/C15H20FNO2/c1-11-6-3-2-4-9-17(11)10-12-7-5-8-13(14(12)16)15(18)19/h5,7-8,11H,2-4,6,9-10H2,1H3,(H,18,19). The summed E-state index contributed by atoms with van der Waals surface area (Å²) in [7, 11) is 0. The molecule has 0 bridgehead atoms. The van der Waals surface area contributed by atoms with Gasteiger partial charge in [0.2, 0.25) is 0 Å². The molecule has 1 aromatic rings. The molecule has 1 heterocycles. The predicted molar refractivity (Wildman–Crippen MR) is 71.7 cm³/mol. The third-order valence-electron chi connectivity index (χ3n) is 3.87. The summed E-state index contributed by atoms with van der Waals surface area (Å²) in [6, 6.07) is 5.03. The Balaban J connectivity index is 2.18. The van der Waals surface area contributed by atoms with Crippen LogP contribution in [0.2, 0.25) is 0 Å². The molecule has 1 atom stereocenters. The molecule has 0 spiro atoms. The molecule has 19 heavy (non-hydrogen) atoms. The Morgan fingerprint density at radius 2 is 2.21 bits per heavy atom. The van der Waals surface area contributed by atoms with E-state index in [1.54, 1.807) is 12.1 Å². The molecule has 104 valence electrons. The zero-order chi connectivity index (χ0) is 13.8. The van der Waals surface area contributed by atoms with Crippen molar-refractivity contribution in [2.75, 3.05) is 6.54 Å². The van der Waals surface area contributed by atoms with Crippen molar-refractivity contribution in [3.05, 3.63) is 35.1 Å². The van der Waals surface area contributed by atoms with Crippen molar-refractivity contribution in [1.29, 1.82) is 0 Å². The smallest absolute Gasteiger partial charge is 0.338 e. The van der Waals surface area contributed by atoms with Gasteiger partial charge in [0.1, 0.15) is 5.82 Å². The minimum Gasteiger partial charge on any atom is -0.478 e. The molecule has 1 saturated heterocycles. The summed E-state index contributed by atoms with van der Waals surface area (Å²) < 4.78 is 14.1. The average Bonchev–Trinajstić information content (AvgIpc) is 2.57. The highest BCUT2D eigenvalue weighted by Crippen LogP contribution is 2.21. The fraction of sp³-hybridized carbons (Fsp3) is 0.533. The van der Waals surface area contributed by atoms with Crippen LogP contribution in [0.5, 0.6) is 0 Å². The number of carboxylic acids is 1. The van der Waals surface area contributed by atoms with E-state index in [2.05, 4.69) is 11.8 Å². The summed E-state index contributed by atoms with van der Waals surface area (Å²) in [6.07, 6.45) is 4.69.